The second kappa shape index (κ2) is 6.05. The van der Waals surface area contributed by atoms with E-state index in [9.17, 15) is 4.79 Å². The van der Waals surface area contributed by atoms with E-state index in [1.165, 1.54) is 38.5 Å². The van der Waals surface area contributed by atoms with E-state index in [1.54, 1.807) is 0 Å². The fourth-order valence-electron chi connectivity index (χ4n) is 5.64. The van der Waals surface area contributed by atoms with Gasteiger partial charge in [0.25, 0.3) is 0 Å². The van der Waals surface area contributed by atoms with Gasteiger partial charge in [0.05, 0.1) is 13.2 Å². The van der Waals surface area contributed by atoms with Crippen LogP contribution in [0.1, 0.15) is 38.5 Å². The van der Waals surface area contributed by atoms with Crippen molar-refractivity contribution in [2.75, 3.05) is 26.3 Å². The van der Waals surface area contributed by atoms with Gasteiger partial charge in [-0.15, -0.1) is 12.4 Å². The Bertz CT molecular complexity index is 360. The summed E-state index contributed by atoms with van der Waals surface area (Å²) >= 11 is 0. The maximum absolute atomic E-state index is 12.2. The number of hydrogen-bond acceptors (Lipinski definition) is 3. The molecule has 0 aromatic carbocycles. The zero-order valence-electron chi connectivity index (χ0n) is 12.6. The second-order valence-corrected chi connectivity index (χ2v) is 7.72. The molecule has 0 radical (unpaired) electrons. The summed E-state index contributed by atoms with van der Waals surface area (Å²) in [6, 6.07) is -0.141. The summed E-state index contributed by atoms with van der Waals surface area (Å²) in [5, 5.41) is 6.47. The van der Waals surface area contributed by atoms with Crippen molar-refractivity contribution < 1.29 is 9.53 Å². The molecule has 1 saturated heterocycles. The zero-order valence-corrected chi connectivity index (χ0v) is 13.4. The van der Waals surface area contributed by atoms with E-state index in [-0.39, 0.29) is 24.4 Å². The lowest BCUT2D eigenvalue weighted by Gasteiger charge is -2.57. The lowest BCUT2D eigenvalue weighted by molar-refractivity contribution is -0.128. The minimum atomic E-state index is -0.141. The van der Waals surface area contributed by atoms with Crippen LogP contribution in [0.15, 0.2) is 0 Å². The van der Waals surface area contributed by atoms with Crippen LogP contribution in [0.4, 0.5) is 0 Å². The summed E-state index contributed by atoms with van der Waals surface area (Å²) in [7, 11) is 0. The molecule has 21 heavy (non-hydrogen) atoms. The molecule has 1 atom stereocenters. The average Bonchev–Trinajstić information content (AvgIpc) is 2.44. The monoisotopic (exact) mass is 314 g/mol. The number of morpholine rings is 1. The largest absolute Gasteiger partial charge is 0.378 e. The van der Waals surface area contributed by atoms with Crippen molar-refractivity contribution in [2.24, 2.45) is 23.2 Å². The molecular weight excluding hydrogens is 288 g/mol. The number of halogens is 1. The SMILES string of the molecule is Cl.O=C(NCC12CC3CC(CC(C3)C1)C2)C1COCCN1. The molecule has 4 nitrogen and oxygen atoms in total. The Kier molecular flexibility index (Phi) is 4.49. The summed E-state index contributed by atoms with van der Waals surface area (Å²) < 4.78 is 5.38. The molecule has 4 bridgehead atoms. The van der Waals surface area contributed by atoms with Crippen LogP contribution in [0.5, 0.6) is 0 Å². The lowest BCUT2D eigenvalue weighted by Crippen LogP contribution is -2.55. The number of amides is 1. The third kappa shape index (κ3) is 3.08. The van der Waals surface area contributed by atoms with Crippen molar-refractivity contribution in [3.8, 4) is 0 Å². The molecule has 1 heterocycles. The van der Waals surface area contributed by atoms with Gasteiger partial charge in [0, 0.05) is 13.1 Å². The number of carbonyl (C=O) groups excluding carboxylic acids is 1. The summed E-state index contributed by atoms with van der Waals surface area (Å²) in [6.07, 6.45) is 8.46. The van der Waals surface area contributed by atoms with Crippen LogP contribution in [0.2, 0.25) is 0 Å². The first kappa shape index (κ1) is 15.6. The van der Waals surface area contributed by atoms with Gasteiger partial charge < -0.3 is 15.4 Å². The van der Waals surface area contributed by atoms with Gasteiger partial charge in [-0.3, -0.25) is 4.79 Å². The van der Waals surface area contributed by atoms with E-state index >= 15 is 0 Å². The molecule has 0 spiro atoms. The van der Waals surface area contributed by atoms with Gasteiger partial charge in [-0.05, 0) is 61.7 Å². The van der Waals surface area contributed by atoms with Crippen LogP contribution in [-0.4, -0.2) is 38.3 Å². The van der Waals surface area contributed by atoms with Crippen LogP contribution >= 0.6 is 12.4 Å². The predicted octanol–water partition coefficient (Wildman–Crippen LogP) is 1.73. The Morgan fingerprint density at radius 2 is 1.76 bits per heavy atom. The molecule has 0 aromatic heterocycles. The quantitative estimate of drug-likeness (QED) is 0.834. The Morgan fingerprint density at radius 3 is 2.29 bits per heavy atom. The highest BCUT2D eigenvalue weighted by molar-refractivity contribution is 5.85. The normalized spacial score (nSPS) is 44.2. The summed E-state index contributed by atoms with van der Waals surface area (Å²) in [6.45, 7) is 2.93. The fourth-order valence-corrected chi connectivity index (χ4v) is 5.64. The lowest BCUT2D eigenvalue weighted by atomic mass is 9.49. The maximum Gasteiger partial charge on any atom is 0.239 e. The van der Waals surface area contributed by atoms with E-state index in [4.69, 9.17) is 4.74 Å². The average molecular weight is 315 g/mol. The Balaban J connectivity index is 0.00000132. The number of ether oxygens (including phenoxy) is 1. The van der Waals surface area contributed by atoms with Gasteiger partial charge >= 0.3 is 0 Å². The maximum atomic E-state index is 12.2. The van der Waals surface area contributed by atoms with Crippen molar-refractivity contribution in [3.05, 3.63) is 0 Å². The molecule has 4 saturated carbocycles. The Labute approximate surface area is 133 Å². The van der Waals surface area contributed by atoms with E-state index < -0.39 is 0 Å². The first-order valence-electron chi connectivity index (χ1n) is 8.31. The molecule has 4 aliphatic carbocycles. The van der Waals surface area contributed by atoms with Crippen molar-refractivity contribution in [1.82, 2.24) is 10.6 Å². The van der Waals surface area contributed by atoms with Crippen molar-refractivity contribution in [3.63, 3.8) is 0 Å². The third-order valence-corrected chi connectivity index (χ3v) is 6.04. The van der Waals surface area contributed by atoms with Gasteiger partial charge in [-0.25, -0.2) is 0 Å². The van der Waals surface area contributed by atoms with E-state index in [0.717, 1.165) is 37.5 Å². The highest BCUT2D eigenvalue weighted by atomic mass is 35.5. The molecule has 5 fully saturated rings. The van der Waals surface area contributed by atoms with Crippen molar-refractivity contribution in [1.29, 1.82) is 0 Å². The minimum absolute atomic E-state index is 0. The number of carbonyl (C=O) groups is 1. The number of rotatable bonds is 3. The summed E-state index contributed by atoms with van der Waals surface area (Å²) in [5.41, 5.74) is 0.430. The van der Waals surface area contributed by atoms with Crippen LogP contribution in [0, 0.1) is 23.2 Å². The molecule has 5 aliphatic rings. The fraction of sp³-hybridized carbons (Fsp3) is 0.938. The highest BCUT2D eigenvalue weighted by Gasteiger charge is 2.50. The molecular formula is C16H27ClN2O2. The molecule has 120 valence electrons. The van der Waals surface area contributed by atoms with Gasteiger partial charge in [0.15, 0.2) is 0 Å². The second-order valence-electron chi connectivity index (χ2n) is 7.72. The van der Waals surface area contributed by atoms with Crippen molar-refractivity contribution in [2.45, 2.75) is 44.6 Å². The standard InChI is InChI=1S/C16H26N2O2.ClH/c19-15(14-9-20-2-1-17-14)18-10-16-6-11-3-12(7-16)5-13(4-11)8-16;/h11-14,17H,1-10H2,(H,18,19);1H. The third-order valence-electron chi connectivity index (χ3n) is 6.04. The van der Waals surface area contributed by atoms with Crippen LogP contribution in [0.3, 0.4) is 0 Å². The van der Waals surface area contributed by atoms with Crippen LogP contribution in [-0.2, 0) is 9.53 Å². The first-order valence-corrected chi connectivity index (χ1v) is 8.31. The molecule has 1 unspecified atom stereocenters. The molecule has 0 aromatic rings. The van der Waals surface area contributed by atoms with Crippen molar-refractivity contribution >= 4 is 18.3 Å². The minimum Gasteiger partial charge on any atom is -0.378 e. The first-order chi connectivity index (χ1) is 9.72. The smallest absolute Gasteiger partial charge is 0.239 e. The molecule has 1 amide bonds. The molecule has 1 aliphatic heterocycles. The van der Waals surface area contributed by atoms with Gasteiger partial charge in [-0.2, -0.15) is 0 Å². The van der Waals surface area contributed by atoms with E-state index in [2.05, 4.69) is 10.6 Å². The molecule has 5 heteroatoms. The molecule has 2 N–H and O–H groups in total. The predicted molar refractivity (Wildman–Crippen MR) is 83.5 cm³/mol. The Morgan fingerprint density at radius 1 is 1.14 bits per heavy atom. The topological polar surface area (TPSA) is 50.4 Å². The van der Waals surface area contributed by atoms with E-state index in [0.29, 0.717) is 12.0 Å². The van der Waals surface area contributed by atoms with E-state index in [1.807, 2.05) is 0 Å². The van der Waals surface area contributed by atoms with Gasteiger partial charge in [-0.1, -0.05) is 0 Å². The summed E-state index contributed by atoms with van der Waals surface area (Å²) in [5.74, 6) is 3.00. The van der Waals surface area contributed by atoms with Gasteiger partial charge in [0.1, 0.15) is 6.04 Å². The summed E-state index contributed by atoms with van der Waals surface area (Å²) in [4.78, 5) is 12.2. The Hall–Kier alpha value is -0.320. The number of hydrogen-bond donors (Lipinski definition) is 2. The molecule has 5 rings (SSSR count). The number of nitrogens with one attached hydrogen (secondary N) is 2. The highest BCUT2D eigenvalue weighted by Crippen LogP contribution is 2.59. The van der Waals surface area contributed by atoms with Crippen LogP contribution in [0.25, 0.3) is 0 Å². The van der Waals surface area contributed by atoms with Gasteiger partial charge in [0.2, 0.25) is 5.91 Å². The van der Waals surface area contributed by atoms with Crippen LogP contribution < -0.4 is 10.6 Å². The zero-order chi connectivity index (χ0) is 13.6.